The third kappa shape index (κ3) is 7.70. The number of rotatable bonds is 12. The number of likely N-dealkylation sites (tertiary alicyclic amines) is 1. The van der Waals surface area contributed by atoms with Gasteiger partial charge in [-0.3, -0.25) is 24.0 Å². The van der Waals surface area contributed by atoms with E-state index in [4.69, 9.17) is 11.5 Å². The van der Waals surface area contributed by atoms with Gasteiger partial charge in [0.1, 0.15) is 18.1 Å². The van der Waals surface area contributed by atoms with Gasteiger partial charge in [0.25, 0.3) is 0 Å². The molecule has 4 atom stereocenters. The summed E-state index contributed by atoms with van der Waals surface area (Å²) >= 11 is 0. The van der Waals surface area contributed by atoms with Gasteiger partial charge in [-0.15, -0.1) is 0 Å². The topological polar surface area (TPSA) is 214 Å². The highest BCUT2D eigenvalue weighted by Gasteiger charge is 2.38. The van der Waals surface area contributed by atoms with E-state index in [0.29, 0.717) is 19.4 Å². The van der Waals surface area contributed by atoms with Crippen LogP contribution in [0.1, 0.15) is 51.4 Å². The molecule has 2 aliphatic rings. The summed E-state index contributed by atoms with van der Waals surface area (Å²) < 4.78 is 0. The van der Waals surface area contributed by atoms with E-state index >= 15 is 0 Å². The minimum Gasteiger partial charge on any atom is -0.480 e. The summed E-state index contributed by atoms with van der Waals surface area (Å²) in [5.41, 5.74) is 10.4. The molecule has 13 nitrogen and oxygen atoms in total. The molecule has 8 N–H and O–H groups in total. The molecule has 13 heteroatoms. The maximum absolute atomic E-state index is 13.1. The fourth-order valence-electron chi connectivity index (χ4n) is 4.04. The van der Waals surface area contributed by atoms with Gasteiger partial charge in [-0.1, -0.05) is 0 Å². The number of carbonyl (C=O) groups is 6. The minimum atomic E-state index is -1.22. The highest BCUT2D eigenvalue weighted by Crippen LogP contribution is 2.20. The molecule has 0 bridgehead atoms. The van der Waals surface area contributed by atoms with Crippen molar-refractivity contribution in [1.82, 2.24) is 20.9 Å². The number of amides is 5. The zero-order valence-corrected chi connectivity index (χ0v) is 18.4. The first-order valence-corrected chi connectivity index (χ1v) is 11.0. The average Bonchev–Trinajstić information content (AvgIpc) is 3.45. The summed E-state index contributed by atoms with van der Waals surface area (Å²) in [6, 6.07) is -3.86. The van der Waals surface area contributed by atoms with Crippen LogP contribution in [-0.4, -0.2) is 82.8 Å². The number of carboxylic acids is 1. The summed E-state index contributed by atoms with van der Waals surface area (Å²) in [4.78, 5) is 73.7. The predicted molar refractivity (Wildman–Crippen MR) is 114 cm³/mol. The van der Waals surface area contributed by atoms with Crippen molar-refractivity contribution < 1.29 is 33.9 Å². The van der Waals surface area contributed by atoms with Gasteiger partial charge in [0.15, 0.2) is 0 Å². The smallest absolute Gasteiger partial charge is 0.326 e. The van der Waals surface area contributed by atoms with Gasteiger partial charge in [-0.25, -0.2) is 4.79 Å². The lowest BCUT2D eigenvalue weighted by Crippen LogP contribution is -2.57. The van der Waals surface area contributed by atoms with Crippen LogP contribution in [0.4, 0.5) is 0 Å². The summed E-state index contributed by atoms with van der Waals surface area (Å²) in [5, 5.41) is 17.5. The Kier molecular flexibility index (Phi) is 9.57. The molecule has 2 rings (SSSR count). The molecule has 0 aliphatic carbocycles. The van der Waals surface area contributed by atoms with Crippen LogP contribution in [-0.2, 0) is 28.8 Å². The number of nitrogens with two attached hydrogens (primary N) is 2. The van der Waals surface area contributed by atoms with Crippen molar-refractivity contribution in [3.05, 3.63) is 0 Å². The van der Waals surface area contributed by atoms with Crippen LogP contribution in [0.2, 0.25) is 0 Å². The van der Waals surface area contributed by atoms with Crippen molar-refractivity contribution in [1.29, 1.82) is 0 Å². The first-order chi connectivity index (χ1) is 15.6. The number of nitrogens with zero attached hydrogens (tertiary/aromatic N) is 1. The number of carboxylic acid groups (broad SMARTS) is 1. The monoisotopic (exact) mass is 468 g/mol. The average molecular weight is 469 g/mol. The second kappa shape index (κ2) is 12.1. The van der Waals surface area contributed by atoms with E-state index in [-0.39, 0.29) is 38.6 Å². The van der Waals surface area contributed by atoms with Crippen LogP contribution in [0.3, 0.4) is 0 Å². The molecule has 184 valence electrons. The number of hydrogen-bond acceptors (Lipinski definition) is 7. The second-order valence-corrected chi connectivity index (χ2v) is 8.31. The molecule has 2 heterocycles. The zero-order valence-electron chi connectivity index (χ0n) is 18.4. The molecule has 5 amide bonds. The van der Waals surface area contributed by atoms with Crippen molar-refractivity contribution >= 4 is 35.5 Å². The van der Waals surface area contributed by atoms with E-state index in [1.54, 1.807) is 0 Å². The highest BCUT2D eigenvalue weighted by molar-refractivity contribution is 5.95. The second-order valence-electron chi connectivity index (χ2n) is 8.31. The van der Waals surface area contributed by atoms with Crippen LogP contribution in [0.5, 0.6) is 0 Å². The van der Waals surface area contributed by atoms with Crippen LogP contribution in [0, 0.1) is 0 Å². The quantitative estimate of drug-likeness (QED) is 0.177. The van der Waals surface area contributed by atoms with Gasteiger partial charge in [0.05, 0.1) is 6.04 Å². The lowest BCUT2D eigenvalue weighted by molar-refractivity contribution is -0.149. The van der Waals surface area contributed by atoms with Gasteiger partial charge in [-0.05, 0) is 45.1 Å². The largest absolute Gasteiger partial charge is 0.480 e. The van der Waals surface area contributed by atoms with Gasteiger partial charge in [0.2, 0.25) is 29.5 Å². The Morgan fingerprint density at radius 2 is 1.58 bits per heavy atom. The molecular formula is C20H32N6O7. The number of primary amides is 2. The zero-order chi connectivity index (χ0) is 24.5. The van der Waals surface area contributed by atoms with Crippen LogP contribution in [0.15, 0.2) is 0 Å². The minimum absolute atomic E-state index is 0.0855. The third-order valence-corrected chi connectivity index (χ3v) is 5.80. The Labute approximate surface area is 191 Å². The predicted octanol–water partition coefficient (Wildman–Crippen LogP) is -2.69. The molecule has 0 aromatic rings. The first-order valence-electron chi connectivity index (χ1n) is 11.0. The molecular weight excluding hydrogens is 436 g/mol. The van der Waals surface area contributed by atoms with E-state index in [9.17, 15) is 33.9 Å². The number of hydrogen-bond donors (Lipinski definition) is 6. The Balaban J connectivity index is 2.14. The van der Waals surface area contributed by atoms with Gasteiger partial charge in [-0.2, -0.15) is 0 Å². The number of nitrogens with one attached hydrogen (secondary N) is 3. The van der Waals surface area contributed by atoms with E-state index in [1.165, 1.54) is 0 Å². The summed E-state index contributed by atoms with van der Waals surface area (Å²) in [5.74, 6) is -4.31. The Morgan fingerprint density at radius 1 is 0.939 bits per heavy atom. The number of aliphatic carboxylic acids is 1. The maximum atomic E-state index is 13.1. The molecule has 2 aliphatic heterocycles. The Morgan fingerprint density at radius 3 is 2.12 bits per heavy atom. The lowest BCUT2D eigenvalue weighted by atomic mass is 10.1. The molecule has 0 aromatic carbocycles. The fraction of sp³-hybridized carbons (Fsp3) is 0.700. The van der Waals surface area contributed by atoms with Gasteiger partial charge >= 0.3 is 5.97 Å². The molecule has 0 aromatic heterocycles. The van der Waals surface area contributed by atoms with Crippen molar-refractivity contribution in [2.45, 2.75) is 75.5 Å². The third-order valence-electron chi connectivity index (χ3n) is 5.80. The molecule has 33 heavy (non-hydrogen) atoms. The van der Waals surface area contributed by atoms with E-state index < -0.39 is 59.7 Å². The molecule has 2 fully saturated rings. The van der Waals surface area contributed by atoms with Crippen molar-refractivity contribution in [2.75, 3.05) is 13.1 Å². The van der Waals surface area contributed by atoms with Crippen LogP contribution < -0.4 is 27.4 Å². The molecule has 0 spiro atoms. The first kappa shape index (κ1) is 26.0. The van der Waals surface area contributed by atoms with Crippen molar-refractivity contribution in [2.24, 2.45) is 11.5 Å². The van der Waals surface area contributed by atoms with Crippen molar-refractivity contribution in [3.8, 4) is 0 Å². The number of carbonyl (C=O) groups excluding carboxylic acids is 5. The van der Waals surface area contributed by atoms with E-state index in [1.807, 2.05) is 0 Å². The normalized spacial score (nSPS) is 21.8. The molecule has 2 saturated heterocycles. The summed E-state index contributed by atoms with van der Waals surface area (Å²) in [6.07, 6.45) is 1.56. The van der Waals surface area contributed by atoms with Crippen LogP contribution in [0.25, 0.3) is 0 Å². The standard InChI is InChI=1S/C20H32N6O7/c21-15(27)7-5-12(24-17(29)11-3-1-9-23-11)18(30)25-13(6-8-16(22)28)19(31)26-10-2-4-14(26)20(32)33/h11-14,23H,1-10H2,(H2,21,27)(H2,22,28)(H,24,29)(H,25,30)(H,32,33). The van der Waals surface area contributed by atoms with Crippen molar-refractivity contribution in [3.63, 3.8) is 0 Å². The highest BCUT2D eigenvalue weighted by atomic mass is 16.4. The SMILES string of the molecule is NC(=O)CCC(NC(=O)C1CCCN1)C(=O)NC(CCC(N)=O)C(=O)N1CCCC1C(=O)O. The Hall–Kier alpha value is -3.22. The molecule has 0 saturated carbocycles. The van der Waals surface area contributed by atoms with Gasteiger partial charge < -0.3 is 37.4 Å². The van der Waals surface area contributed by atoms with E-state index in [2.05, 4.69) is 16.0 Å². The maximum Gasteiger partial charge on any atom is 0.326 e. The van der Waals surface area contributed by atoms with Gasteiger partial charge in [0, 0.05) is 19.4 Å². The molecule has 0 radical (unpaired) electrons. The Bertz CT molecular complexity index is 783. The lowest BCUT2D eigenvalue weighted by Gasteiger charge is -2.28. The van der Waals surface area contributed by atoms with Crippen LogP contribution >= 0.6 is 0 Å². The summed E-state index contributed by atoms with van der Waals surface area (Å²) in [6.45, 7) is 0.869. The fourth-order valence-corrected chi connectivity index (χ4v) is 4.04. The molecule has 4 unspecified atom stereocenters. The van der Waals surface area contributed by atoms with E-state index in [0.717, 1.165) is 11.3 Å². The summed E-state index contributed by atoms with van der Waals surface area (Å²) in [7, 11) is 0.